The van der Waals surface area contributed by atoms with Crippen molar-refractivity contribution in [2.75, 3.05) is 18.5 Å². The lowest BCUT2D eigenvalue weighted by atomic mass is 9.67. The van der Waals surface area contributed by atoms with Gasteiger partial charge in [0.2, 0.25) is 0 Å². The summed E-state index contributed by atoms with van der Waals surface area (Å²) in [5.74, 6) is 0.0180. The molecule has 40 heavy (non-hydrogen) atoms. The van der Waals surface area contributed by atoms with Crippen molar-refractivity contribution < 1.29 is 14.4 Å². The van der Waals surface area contributed by atoms with E-state index >= 15 is 0 Å². The van der Waals surface area contributed by atoms with Gasteiger partial charge >= 0.3 is 0 Å². The van der Waals surface area contributed by atoms with Crippen LogP contribution in [0.15, 0.2) is 97.1 Å². The zero-order chi connectivity index (χ0) is 27.3. The molecule has 6 nitrogen and oxygen atoms in total. The minimum atomic E-state index is -0.714. The topological polar surface area (TPSA) is 73.6 Å². The van der Waals surface area contributed by atoms with E-state index < -0.39 is 5.60 Å². The van der Waals surface area contributed by atoms with Crippen molar-refractivity contribution in [3.05, 3.63) is 129 Å². The average Bonchev–Trinajstić information content (AvgIpc) is 3.33. The minimum Gasteiger partial charge on any atom is -0.381 e. The van der Waals surface area contributed by atoms with Crippen molar-refractivity contribution >= 4 is 11.4 Å². The van der Waals surface area contributed by atoms with Crippen molar-refractivity contribution in [2.24, 2.45) is 5.92 Å². The van der Waals surface area contributed by atoms with Crippen molar-refractivity contribution in [1.82, 2.24) is 0 Å². The maximum absolute atomic E-state index is 11.7. The summed E-state index contributed by atoms with van der Waals surface area (Å²) in [5.41, 5.74) is 6.73. The summed E-state index contributed by atoms with van der Waals surface area (Å²) in [7, 11) is 0. The van der Waals surface area contributed by atoms with E-state index in [1.165, 1.54) is 11.1 Å². The first-order valence-corrected chi connectivity index (χ1v) is 14.0. The molecule has 2 saturated heterocycles. The molecule has 0 radical (unpaired) electrons. The maximum atomic E-state index is 11.7. The fraction of sp³-hybridized carbons (Fsp3) is 0.294. The van der Waals surface area contributed by atoms with Crippen LogP contribution in [-0.2, 0) is 15.1 Å². The van der Waals surface area contributed by atoms with Gasteiger partial charge in [-0.3, -0.25) is 10.1 Å². The lowest BCUT2D eigenvalue weighted by molar-refractivity contribution is -0.384. The van der Waals surface area contributed by atoms with Crippen LogP contribution in [0.3, 0.4) is 0 Å². The lowest BCUT2D eigenvalue weighted by Gasteiger charge is -2.46. The zero-order valence-electron chi connectivity index (χ0n) is 22.5. The molecule has 4 aromatic rings. The van der Waals surface area contributed by atoms with E-state index in [1.54, 1.807) is 18.2 Å². The number of nitrogens with one attached hydrogen (secondary N) is 1. The number of aryl methyl sites for hydroxylation is 1. The van der Waals surface area contributed by atoms with Crippen LogP contribution in [-0.4, -0.2) is 23.7 Å². The third kappa shape index (κ3) is 4.02. The third-order valence-electron chi connectivity index (χ3n) is 9.05. The van der Waals surface area contributed by atoms with Gasteiger partial charge in [0.25, 0.3) is 5.69 Å². The normalized spacial score (nSPS) is 24.6. The number of non-ortho nitro benzene ring substituents is 1. The van der Waals surface area contributed by atoms with Gasteiger partial charge in [-0.25, -0.2) is 0 Å². The highest BCUT2D eigenvalue weighted by molar-refractivity contribution is 5.67. The Morgan fingerprint density at radius 1 is 0.875 bits per heavy atom. The van der Waals surface area contributed by atoms with Gasteiger partial charge in [0.05, 0.1) is 16.6 Å². The molecule has 0 saturated carbocycles. The van der Waals surface area contributed by atoms with Crippen LogP contribution in [0.5, 0.6) is 0 Å². The van der Waals surface area contributed by atoms with Gasteiger partial charge in [-0.2, -0.15) is 0 Å². The highest BCUT2D eigenvalue weighted by atomic mass is 16.6. The van der Waals surface area contributed by atoms with E-state index in [0.29, 0.717) is 13.2 Å². The molecule has 1 spiro atoms. The number of benzene rings is 4. The lowest BCUT2D eigenvalue weighted by Crippen LogP contribution is -2.44. The van der Waals surface area contributed by atoms with Gasteiger partial charge < -0.3 is 14.8 Å². The highest BCUT2D eigenvalue weighted by Crippen LogP contribution is 2.63. The van der Waals surface area contributed by atoms with Crippen molar-refractivity contribution in [3.63, 3.8) is 0 Å². The molecule has 0 unspecified atom stereocenters. The van der Waals surface area contributed by atoms with Crippen LogP contribution in [0.4, 0.5) is 11.4 Å². The molecule has 0 bridgehead atoms. The Kier molecular flexibility index (Phi) is 5.99. The SMILES string of the molecule is Cc1ccc2c(c1)[C@@]1(c3ccc(-c4ccccc4)cc3)OC3(CCOCC3)C[C@H]1[C@H](c1cccc([N+](=O)[O-])c1)N2. The van der Waals surface area contributed by atoms with E-state index in [-0.39, 0.29) is 28.2 Å². The molecule has 3 heterocycles. The Morgan fingerprint density at radius 2 is 1.62 bits per heavy atom. The highest BCUT2D eigenvalue weighted by Gasteiger charge is 2.62. The molecule has 4 aromatic carbocycles. The fourth-order valence-electron chi connectivity index (χ4n) is 7.14. The summed E-state index contributed by atoms with van der Waals surface area (Å²) in [5, 5.41) is 15.5. The Bertz CT molecular complexity index is 1560. The first-order valence-electron chi connectivity index (χ1n) is 14.0. The van der Waals surface area contributed by atoms with Gasteiger partial charge in [-0.15, -0.1) is 0 Å². The number of nitro benzene ring substituents is 1. The largest absolute Gasteiger partial charge is 0.381 e. The van der Waals surface area contributed by atoms with Crippen LogP contribution < -0.4 is 5.32 Å². The number of hydrogen-bond donors (Lipinski definition) is 1. The Morgan fingerprint density at radius 3 is 2.38 bits per heavy atom. The predicted molar refractivity (Wildman–Crippen MR) is 155 cm³/mol. The van der Waals surface area contributed by atoms with E-state index in [1.807, 2.05) is 12.1 Å². The van der Waals surface area contributed by atoms with Crippen molar-refractivity contribution in [1.29, 1.82) is 0 Å². The molecule has 6 heteroatoms. The van der Waals surface area contributed by atoms with Crippen LogP contribution in [0.25, 0.3) is 11.1 Å². The van der Waals surface area contributed by atoms with Gasteiger partial charge in [-0.05, 0) is 54.5 Å². The van der Waals surface area contributed by atoms with E-state index in [9.17, 15) is 10.1 Å². The van der Waals surface area contributed by atoms with Crippen LogP contribution in [0, 0.1) is 23.0 Å². The standard InChI is InChI=1S/C34H32N2O4/c1-23-10-15-31-29(20-23)34(27-13-11-25(12-14-27)24-6-3-2-4-7-24)30(22-33(40-34)16-18-39-19-17-33)32(35-31)26-8-5-9-28(21-26)36(37)38/h2-15,20-21,30,32,35H,16-19,22H2,1H3/t30-,32-,34+/m0/s1. The number of anilines is 1. The molecule has 0 aliphatic carbocycles. The molecule has 0 aromatic heterocycles. The molecule has 1 N–H and O–H groups in total. The minimum absolute atomic E-state index is 0.0180. The maximum Gasteiger partial charge on any atom is 0.269 e. The smallest absolute Gasteiger partial charge is 0.269 e. The van der Waals surface area contributed by atoms with E-state index in [4.69, 9.17) is 9.47 Å². The number of nitro groups is 1. The van der Waals surface area contributed by atoms with Gasteiger partial charge in [0.1, 0.15) is 5.60 Å². The second-order valence-electron chi connectivity index (χ2n) is 11.4. The molecular formula is C34H32N2O4. The Balaban J connectivity index is 1.43. The summed E-state index contributed by atoms with van der Waals surface area (Å²) in [6, 6.07) is 32.6. The molecule has 0 amide bonds. The number of fused-ring (bicyclic) bond motifs is 3. The molecule has 202 valence electrons. The monoisotopic (exact) mass is 532 g/mol. The molecule has 3 aliphatic rings. The summed E-state index contributed by atoms with van der Waals surface area (Å²) in [6.07, 6.45) is 2.50. The first-order chi connectivity index (χ1) is 19.5. The summed E-state index contributed by atoms with van der Waals surface area (Å²) in [4.78, 5) is 11.4. The van der Waals surface area contributed by atoms with E-state index in [2.05, 4.69) is 79.0 Å². The quantitative estimate of drug-likeness (QED) is 0.217. The fourth-order valence-corrected chi connectivity index (χ4v) is 7.14. The summed E-state index contributed by atoms with van der Waals surface area (Å²) < 4.78 is 13.3. The zero-order valence-corrected chi connectivity index (χ0v) is 22.5. The number of nitrogens with zero attached hydrogens (tertiary/aromatic N) is 1. The molecule has 3 aliphatic heterocycles. The average molecular weight is 533 g/mol. The van der Waals surface area contributed by atoms with Crippen LogP contribution in [0.2, 0.25) is 0 Å². The Hall–Kier alpha value is -4.00. The van der Waals surface area contributed by atoms with Gasteiger partial charge in [0.15, 0.2) is 0 Å². The van der Waals surface area contributed by atoms with Gasteiger partial charge in [0, 0.05) is 42.5 Å². The second kappa shape index (κ2) is 9.58. The number of hydrogen-bond acceptors (Lipinski definition) is 5. The number of ether oxygens (including phenoxy) is 2. The molecule has 7 rings (SSSR count). The first kappa shape index (κ1) is 25.0. The van der Waals surface area contributed by atoms with Gasteiger partial charge in [-0.1, -0.05) is 84.4 Å². The van der Waals surface area contributed by atoms with Crippen molar-refractivity contribution in [3.8, 4) is 11.1 Å². The van der Waals surface area contributed by atoms with Crippen LogP contribution in [0.1, 0.15) is 47.6 Å². The molecule has 3 atom stereocenters. The second-order valence-corrected chi connectivity index (χ2v) is 11.4. The van der Waals surface area contributed by atoms with Crippen molar-refractivity contribution in [2.45, 2.75) is 43.4 Å². The third-order valence-corrected chi connectivity index (χ3v) is 9.05. The van der Waals surface area contributed by atoms with E-state index in [0.717, 1.165) is 47.2 Å². The predicted octanol–water partition coefficient (Wildman–Crippen LogP) is 7.57. The molecule has 2 fully saturated rings. The van der Waals surface area contributed by atoms with Crippen LogP contribution >= 0.6 is 0 Å². The Labute approximate surface area is 234 Å². The number of rotatable bonds is 4. The summed E-state index contributed by atoms with van der Waals surface area (Å²) in [6.45, 7) is 3.46. The molecular weight excluding hydrogens is 500 g/mol. The summed E-state index contributed by atoms with van der Waals surface area (Å²) >= 11 is 0.